The number of esters is 1. The normalized spacial score (nSPS) is 14.5. The van der Waals surface area contributed by atoms with Crippen molar-refractivity contribution < 1.29 is 13.9 Å². The van der Waals surface area contributed by atoms with E-state index in [0.29, 0.717) is 12.4 Å². The Kier molecular flexibility index (Phi) is 4.49. The number of nitrogens with zero attached hydrogens (tertiary/aromatic N) is 1. The molecule has 0 radical (unpaired) electrons. The predicted molar refractivity (Wildman–Crippen MR) is 58.8 cm³/mol. The molecule has 0 aliphatic heterocycles. The summed E-state index contributed by atoms with van der Waals surface area (Å²) in [6.45, 7) is 6.14. The monoisotopic (exact) mass is 226 g/mol. The van der Waals surface area contributed by atoms with Crippen LogP contribution in [0.15, 0.2) is 10.6 Å². The molecular weight excluding hydrogens is 208 g/mol. The maximum absolute atomic E-state index is 11.2. The second kappa shape index (κ2) is 5.65. The first kappa shape index (κ1) is 12.7. The lowest BCUT2D eigenvalue weighted by Crippen LogP contribution is -2.29. The molecule has 0 aliphatic rings. The SMILES string of the molecule is COC(=O)C(C)CNC(C)c1ncc(C)o1. The topological polar surface area (TPSA) is 64.4 Å². The van der Waals surface area contributed by atoms with Gasteiger partial charge in [-0.1, -0.05) is 6.92 Å². The summed E-state index contributed by atoms with van der Waals surface area (Å²) >= 11 is 0. The number of methoxy groups -OCH3 is 1. The number of aryl methyl sites for hydroxylation is 1. The number of nitrogens with one attached hydrogen (secondary N) is 1. The second-order valence-electron chi connectivity index (χ2n) is 3.86. The standard InChI is InChI=1S/C11H18N2O3/c1-7(11(14)15-4)5-12-9(3)10-13-6-8(2)16-10/h6-7,9,12H,5H2,1-4H3. The number of rotatable bonds is 5. The van der Waals surface area contributed by atoms with Crippen molar-refractivity contribution in [2.24, 2.45) is 5.92 Å². The number of oxazole rings is 1. The number of ether oxygens (including phenoxy) is 1. The van der Waals surface area contributed by atoms with Crippen molar-refractivity contribution in [2.75, 3.05) is 13.7 Å². The number of carbonyl (C=O) groups excluding carboxylic acids is 1. The van der Waals surface area contributed by atoms with Crippen LogP contribution in [0.3, 0.4) is 0 Å². The maximum Gasteiger partial charge on any atom is 0.309 e. The van der Waals surface area contributed by atoms with Gasteiger partial charge in [0, 0.05) is 6.54 Å². The summed E-state index contributed by atoms with van der Waals surface area (Å²) in [5, 5.41) is 3.17. The van der Waals surface area contributed by atoms with E-state index in [1.807, 2.05) is 20.8 Å². The molecule has 2 unspecified atom stereocenters. The molecule has 0 saturated carbocycles. The fourth-order valence-corrected chi connectivity index (χ4v) is 1.30. The summed E-state index contributed by atoms with van der Waals surface area (Å²) in [5.41, 5.74) is 0. The lowest BCUT2D eigenvalue weighted by molar-refractivity contribution is -0.144. The number of aromatic nitrogens is 1. The van der Waals surface area contributed by atoms with Gasteiger partial charge in [0.2, 0.25) is 5.89 Å². The van der Waals surface area contributed by atoms with Gasteiger partial charge in [0.15, 0.2) is 0 Å². The summed E-state index contributed by atoms with van der Waals surface area (Å²) in [5.74, 6) is 1.02. The molecule has 1 aromatic rings. The highest BCUT2D eigenvalue weighted by Crippen LogP contribution is 2.12. The molecule has 0 saturated heterocycles. The first-order chi connectivity index (χ1) is 7.54. The number of hydrogen-bond acceptors (Lipinski definition) is 5. The number of hydrogen-bond donors (Lipinski definition) is 1. The van der Waals surface area contributed by atoms with E-state index in [9.17, 15) is 4.79 Å². The van der Waals surface area contributed by atoms with Crippen molar-refractivity contribution in [3.63, 3.8) is 0 Å². The summed E-state index contributed by atoms with van der Waals surface area (Å²) in [4.78, 5) is 15.3. The van der Waals surface area contributed by atoms with Crippen molar-refractivity contribution in [1.82, 2.24) is 10.3 Å². The fourth-order valence-electron chi connectivity index (χ4n) is 1.30. The van der Waals surface area contributed by atoms with Crippen molar-refractivity contribution in [2.45, 2.75) is 26.8 Å². The third-order valence-corrected chi connectivity index (χ3v) is 2.34. The highest BCUT2D eigenvalue weighted by atomic mass is 16.5. The van der Waals surface area contributed by atoms with E-state index < -0.39 is 0 Å². The van der Waals surface area contributed by atoms with Crippen molar-refractivity contribution in [3.8, 4) is 0 Å². The Morgan fingerprint density at radius 2 is 2.31 bits per heavy atom. The Labute approximate surface area is 95.2 Å². The van der Waals surface area contributed by atoms with E-state index in [-0.39, 0.29) is 17.9 Å². The minimum absolute atomic E-state index is 0.0131. The molecule has 0 aliphatic carbocycles. The molecule has 5 heteroatoms. The largest absolute Gasteiger partial charge is 0.469 e. The Hall–Kier alpha value is -1.36. The summed E-state index contributed by atoms with van der Waals surface area (Å²) in [6.07, 6.45) is 1.68. The van der Waals surface area contributed by atoms with Gasteiger partial charge in [-0.2, -0.15) is 0 Å². The minimum Gasteiger partial charge on any atom is -0.469 e. The van der Waals surface area contributed by atoms with Crippen LogP contribution in [0.4, 0.5) is 0 Å². The molecule has 5 nitrogen and oxygen atoms in total. The average molecular weight is 226 g/mol. The molecular formula is C11H18N2O3. The highest BCUT2D eigenvalue weighted by Gasteiger charge is 2.16. The molecule has 0 fully saturated rings. The highest BCUT2D eigenvalue weighted by molar-refractivity contribution is 5.72. The molecule has 1 rings (SSSR count). The zero-order valence-corrected chi connectivity index (χ0v) is 10.1. The van der Waals surface area contributed by atoms with Gasteiger partial charge in [0.25, 0.3) is 0 Å². The molecule has 90 valence electrons. The van der Waals surface area contributed by atoms with Crippen molar-refractivity contribution >= 4 is 5.97 Å². The molecule has 1 N–H and O–H groups in total. The van der Waals surface area contributed by atoms with E-state index in [1.54, 1.807) is 6.20 Å². The Bertz CT molecular complexity index is 349. The Balaban J connectivity index is 2.41. The fraction of sp³-hybridized carbons (Fsp3) is 0.636. The third kappa shape index (κ3) is 3.34. The molecule has 0 bridgehead atoms. The zero-order chi connectivity index (χ0) is 12.1. The van der Waals surface area contributed by atoms with Crippen LogP contribution >= 0.6 is 0 Å². The summed E-state index contributed by atoms with van der Waals surface area (Å²) in [6, 6.07) is -0.0131. The van der Waals surface area contributed by atoms with Gasteiger partial charge < -0.3 is 14.5 Å². The minimum atomic E-state index is -0.219. The van der Waals surface area contributed by atoms with Crippen LogP contribution in [0.2, 0.25) is 0 Å². The molecule has 2 atom stereocenters. The van der Waals surface area contributed by atoms with Crippen molar-refractivity contribution in [1.29, 1.82) is 0 Å². The van der Waals surface area contributed by atoms with E-state index in [0.717, 1.165) is 5.76 Å². The third-order valence-electron chi connectivity index (χ3n) is 2.34. The molecule has 0 aromatic carbocycles. The van der Waals surface area contributed by atoms with E-state index in [4.69, 9.17) is 4.42 Å². The molecule has 16 heavy (non-hydrogen) atoms. The van der Waals surface area contributed by atoms with E-state index in [2.05, 4.69) is 15.0 Å². The van der Waals surface area contributed by atoms with Crippen LogP contribution in [0.5, 0.6) is 0 Å². The van der Waals surface area contributed by atoms with Crippen LogP contribution in [0, 0.1) is 12.8 Å². The Morgan fingerprint density at radius 3 is 2.81 bits per heavy atom. The summed E-state index contributed by atoms with van der Waals surface area (Å²) < 4.78 is 10.0. The van der Waals surface area contributed by atoms with Crippen LogP contribution in [-0.2, 0) is 9.53 Å². The first-order valence-electron chi connectivity index (χ1n) is 5.28. The predicted octanol–water partition coefficient (Wildman–Crippen LogP) is 1.44. The summed E-state index contributed by atoms with van der Waals surface area (Å²) in [7, 11) is 1.39. The van der Waals surface area contributed by atoms with Gasteiger partial charge >= 0.3 is 5.97 Å². The van der Waals surface area contributed by atoms with E-state index >= 15 is 0 Å². The Morgan fingerprint density at radius 1 is 1.62 bits per heavy atom. The van der Waals surface area contributed by atoms with Gasteiger partial charge in [0.1, 0.15) is 5.76 Å². The molecule has 0 spiro atoms. The molecule has 1 heterocycles. The van der Waals surface area contributed by atoms with Crippen LogP contribution in [-0.4, -0.2) is 24.6 Å². The quantitative estimate of drug-likeness (QED) is 0.770. The lowest BCUT2D eigenvalue weighted by atomic mass is 10.2. The first-order valence-corrected chi connectivity index (χ1v) is 5.28. The smallest absolute Gasteiger partial charge is 0.309 e. The second-order valence-corrected chi connectivity index (χ2v) is 3.86. The molecule has 1 aromatic heterocycles. The maximum atomic E-state index is 11.2. The lowest BCUT2D eigenvalue weighted by Gasteiger charge is -2.13. The van der Waals surface area contributed by atoms with Gasteiger partial charge in [-0.15, -0.1) is 0 Å². The van der Waals surface area contributed by atoms with Gasteiger partial charge in [0.05, 0.1) is 25.3 Å². The van der Waals surface area contributed by atoms with Gasteiger partial charge in [-0.3, -0.25) is 4.79 Å². The molecule has 0 amide bonds. The van der Waals surface area contributed by atoms with Gasteiger partial charge in [-0.25, -0.2) is 4.98 Å². The number of carbonyl (C=O) groups is 1. The van der Waals surface area contributed by atoms with Crippen molar-refractivity contribution in [3.05, 3.63) is 17.8 Å². The van der Waals surface area contributed by atoms with Crippen LogP contribution in [0.25, 0.3) is 0 Å². The zero-order valence-electron chi connectivity index (χ0n) is 10.1. The van der Waals surface area contributed by atoms with E-state index in [1.165, 1.54) is 7.11 Å². The average Bonchev–Trinajstić information content (AvgIpc) is 2.71. The van der Waals surface area contributed by atoms with Gasteiger partial charge in [-0.05, 0) is 13.8 Å². The van der Waals surface area contributed by atoms with Crippen LogP contribution in [0.1, 0.15) is 31.5 Å². The van der Waals surface area contributed by atoms with Crippen LogP contribution < -0.4 is 5.32 Å².